The lowest BCUT2D eigenvalue weighted by Gasteiger charge is -2.27. The summed E-state index contributed by atoms with van der Waals surface area (Å²) in [6, 6.07) is 0. The van der Waals surface area contributed by atoms with E-state index in [4.69, 9.17) is 5.73 Å². The van der Waals surface area contributed by atoms with Crippen LogP contribution in [0.4, 0.5) is 13.2 Å². The first kappa shape index (κ1) is 16.7. The van der Waals surface area contributed by atoms with Gasteiger partial charge in [-0.1, -0.05) is 0 Å². The van der Waals surface area contributed by atoms with Gasteiger partial charge in [-0.15, -0.1) is 0 Å². The van der Waals surface area contributed by atoms with Gasteiger partial charge in [-0.2, -0.15) is 13.2 Å². The number of nitrogens with zero attached hydrogens (tertiary/aromatic N) is 1. The van der Waals surface area contributed by atoms with E-state index in [2.05, 4.69) is 0 Å². The molecule has 0 spiro atoms. The maximum Gasteiger partial charge on any atom is 0.405 e. The van der Waals surface area contributed by atoms with Crippen LogP contribution in [0.5, 0.6) is 0 Å². The van der Waals surface area contributed by atoms with Crippen molar-refractivity contribution in [3.63, 3.8) is 0 Å². The van der Waals surface area contributed by atoms with Crippen molar-refractivity contribution >= 4 is 11.8 Å². The van der Waals surface area contributed by atoms with Gasteiger partial charge in [0.05, 0.1) is 12.0 Å². The summed E-state index contributed by atoms with van der Waals surface area (Å²) >= 11 is 0. The number of amides is 2. The standard InChI is InChI=1S/C10H18F3N3O2/c1-9(2,5-14)8(18)16(3)4-7(17)15-6-10(11,12)13/h4-6,14H2,1-3H3,(H,15,17). The lowest BCUT2D eigenvalue weighted by atomic mass is 9.92. The summed E-state index contributed by atoms with van der Waals surface area (Å²) in [7, 11) is 1.34. The average molecular weight is 269 g/mol. The van der Waals surface area contributed by atoms with Crippen LogP contribution < -0.4 is 11.1 Å². The Labute approximate surface area is 103 Å². The van der Waals surface area contributed by atoms with Crippen molar-refractivity contribution in [2.45, 2.75) is 20.0 Å². The highest BCUT2D eigenvalue weighted by Crippen LogP contribution is 2.16. The molecule has 3 N–H and O–H groups in total. The first-order valence-electron chi connectivity index (χ1n) is 5.28. The lowest BCUT2D eigenvalue weighted by Crippen LogP contribution is -2.47. The van der Waals surface area contributed by atoms with Gasteiger partial charge in [0.15, 0.2) is 0 Å². The third kappa shape index (κ3) is 5.85. The van der Waals surface area contributed by atoms with Crippen molar-refractivity contribution < 1.29 is 22.8 Å². The second-order valence-electron chi connectivity index (χ2n) is 4.64. The fourth-order valence-electron chi connectivity index (χ4n) is 1.15. The van der Waals surface area contributed by atoms with Crippen LogP contribution in [-0.2, 0) is 9.59 Å². The number of carbonyl (C=O) groups excluding carboxylic acids is 2. The van der Waals surface area contributed by atoms with Gasteiger partial charge in [-0.05, 0) is 13.8 Å². The SMILES string of the molecule is CN(CC(=O)NCC(F)(F)F)C(=O)C(C)(C)CN. The van der Waals surface area contributed by atoms with Crippen molar-refractivity contribution in [1.29, 1.82) is 0 Å². The normalized spacial score (nSPS) is 12.2. The summed E-state index contributed by atoms with van der Waals surface area (Å²) in [5, 5.41) is 1.69. The van der Waals surface area contributed by atoms with Gasteiger partial charge in [-0.25, -0.2) is 0 Å². The van der Waals surface area contributed by atoms with Crippen molar-refractivity contribution in [3.05, 3.63) is 0 Å². The van der Waals surface area contributed by atoms with Crippen molar-refractivity contribution in [2.75, 3.05) is 26.7 Å². The summed E-state index contributed by atoms with van der Waals surface area (Å²) in [6.45, 7) is 1.44. The number of hydrogen-bond donors (Lipinski definition) is 2. The summed E-state index contributed by atoms with van der Waals surface area (Å²) in [4.78, 5) is 24.0. The van der Waals surface area contributed by atoms with E-state index in [0.717, 1.165) is 4.90 Å². The number of rotatable bonds is 5. The fourth-order valence-corrected chi connectivity index (χ4v) is 1.15. The molecular formula is C10H18F3N3O2. The molecule has 0 atom stereocenters. The zero-order chi connectivity index (χ0) is 14.6. The summed E-state index contributed by atoms with van der Waals surface area (Å²) < 4.78 is 35.5. The highest BCUT2D eigenvalue weighted by molar-refractivity contribution is 5.87. The van der Waals surface area contributed by atoms with Gasteiger partial charge < -0.3 is 16.0 Å². The van der Waals surface area contributed by atoms with Gasteiger partial charge in [0.1, 0.15) is 6.54 Å². The molecule has 0 unspecified atom stereocenters. The smallest absolute Gasteiger partial charge is 0.345 e. The van der Waals surface area contributed by atoms with Crippen molar-refractivity contribution in [2.24, 2.45) is 11.1 Å². The predicted molar refractivity (Wildman–Crippen MR) is 59.5 cm³/mol. The lowest BCUT2D eigenvalue weighted by molar-refractivity contribution is -0.144. The molecular weight excluding hydrogens is 251 g/mol. The zero-order valence-corrected chi connectivity index (χ0v) is 10.6. The van der Waals surface area contributed by atoms with Crippen LogP contribution in [0.1, 0.15) is 13.8 Å². The van der Waals surface area contributed by atoms with Crippen LogP contribution in [0.15, 0.2) is 0 Å². The van der Waals surface area contributed by atoms with Gasteiger partial charge in [0.25, 0.3) is 0 Å². The molecule has 8 heteroatoms. The van der Waals surface area contributed by atoms with E-state index in [1.54, 1.807) is 19.2 Å². The summed E-state index contributed by atoms with van der Waals surface area (Å²) in [6.07, 6.45) is -4.46. The molecule has 0 aromatic heterocycles. The zero-order valence-electron chi connectivity index (χ0n) is 10.6. The maximum absolute atomic E-state index is 11.8. The number of nitrogens with one attached hydrogen (secondary N) is 1. The van der Waals surface area contributed by atoms with E-state index in [1.165, 1.54) is 7.05 Å². The minimum Gasteiger partial charge on any atom is -0.345 e. The number of halogens is 3. The Bertz CT molecular complexity index is 316. The Morgan fingerprint density at radius 3 is 2.17 bits per heavy atom. The minimum absolute atomic E-state index is 0.0837. The van der Waals surface area contributed by atoms with E-state index < -0.39 is 36.5 Å². The van der Waals surface area contributed by atoms with Crippen LogP contribution in [0, 0.1) is 5.41 Å². The molecule has 0 heterocycles. The molecule has 0 aliphatic rings. The number of likely N-dealkylation sites (N-methyl/N-ethyl adjacent to an activating group) is 1. The summed E-state index contributed by atoms with van der Waals surface area (Å²) in [5.41, 5.74) is 4.55. The molecule has 0 bridgehead atoms. The number of hydrogen-bond acceptors (Lipinski definition) is 3. The summed E-state index contributed by atoms with van der Waals surface area (Å²) in [5.74, 6) is -1.26. The van der Waals surface area contributed by atoms with Crippen LogP contribution in [-0.4, -0.2) is 49.6 Å². The molecule has 0 fully saturated rings. The molecule has 106 valence electrons. The van der Waals surface area contributed by atoms with Gasteiger partial charge in [-0.3, -0.25) is 9.59 Å². The number of nitrogens with two attached hydrogens (primary N) is 1. The van der Waals surface area contributed by atoms with Crippen molar-refractivity contribution in [1.82, 2.24) is 10.2 Å². The maximum atomic E-state index is 11.8. The molecule has 0 aromatic rings. The van der Waals surface area contributed by atoms with E-state index in [-0.39, 0.29) is 6.54 Å². The molecule has 0 radical (unpaired) electrons. The monoisotopic (exact) mass is 269 g/mol. The Morgan fingerprint density at radius 2 is 1.78 bits per heavy atom. The molecule has 2 amide bonds. The minimum atomic E-state index is -4.46. The molecule has 5 nitrogen and oxygen atoms in total. The predicted octanol–water partition coefficient (Wildman–Crippen LogP) is 0.108. The molecule has 0 aliphatic carbocycles. The highest BCUT2D eigenvalue weighted by Gasteiger charge is 2.31. The van der Waals surface area contributed by atoms with Crippen LogP contribution >= 0.6 is 0 Å². The first-order chi connectivity index (χ1) is 7.99. The van der Waals surface area contributed by atoms with Crippen LogP contribution in [0.2, 0.25) is 0 Å². The second-order valence-corrected chi connectivity index (χ2v) is 4.64. The van der Waals surface area contributed by atoms with Crippen molar-refractivity contribution in [3.8, 4) is 0 Å². The Kier molecular flexibility index (Phi) is 5.59. The molecule has 0 saturated carbocycles. The third-order valence-corrected chi connectivity index (χ3v) is 2.30. The molecule has 0 aliphatic heterocycles. The fraction of sp³-hybridized carbons (Fsp3) is 0.800. The third-order valence-electron chi connectivity index (χ3n) is 2.30. The number of carbonyl (C=O) groups is 2. The Balaban J connectivity index is 4.28. The van der Waals surface area contributed by atoms with Gasteiger partial charge in [0, 0.05) is 13.6 Å². The average Bonchev–Trinajstić information content (AvgIpc) is 2.24. The van der Waals surface area contributed by atoms with E-state index in [9.17, 15) is 22.8 Å². The largest absolute Gasteiger partial charge is 0.405 e. The van der Waals surface area contributed by atoms with Gasteiger partial charge in [0.2, 0.25) is 11.8 Å². The van der Waals surface area contributed by atoms with E-state index in [1.807, 2.05) is 0 Å². The first-order valence-corrected chi connectivity index (χ1v) is 5.28. The highest BCUT2D eigenvalue weighted by atomic mass is 19.4. The van der Waals surface area contributed by atoms with Crippen LogP contribution in [0.25, 0.3) is 0 Å². The van der Waals surface area contributed by atoms with Crippen LogP contribution in [0.3, 0.4) is 0 Å². The molecule has 18 heavy (non-hydrogen) atoms. The van der Waals surface area contributed by atoms with E-state index >= 15 is 0 Å². The van der Waals surface area contributed by atoms with E-state index in [0.29, 0.717) is 0 Å². The molecule has 0 saturated heterocycles. The molecule has 0 rings (SSSR count). The Hall–Kier alpha value is -1.31. The quantitative estimate of drug-likeness (QED) is 0.743. The van der Waals surface area contributed by atoms with Gasteiger partial charge >= 0.3 is 6.18 Å². The number of alkyl halides is 3. The molecule has 0 aromatic carbocycles. The Morgan fingerprint density at radius 1 is 1.28 bits per heavy atom. The topological polar surface area (TPSA) is 75.4 Å². The second kappa shape index (κ2) is 6.03.